The van der Waals surface area contributed by atoms with Gasteiger partial charge in [0.15, 0.2) is 9.90 Å². The number of hydrogen-bond acceptors (Lipinski definition) is 8. The van der Waals surface area contributed by atoms with E-state index >= 15 is 0 Å². The molecule has 0 aromatic carbocycles. The summed E-state index contributed by atoms with van der Waals surface area (Å²) in [6.07, 6.45) is 0. The van der Waals surface area contributed by atoms with Crippen molar-refractivity contribution in [1.29, 1.82) is 0 Å². The van der Waals surface area contributed by atoms with E-state index in [0.29, 0.717) is 0 Å². The first-order valence-corrected chi connectivity index (χ1v) is 8.06. The van der Waals surface area contributed by atoms with Gasteiger partial charge >= 0.3 is 5.97 Å². The molecule has 0 radical (unpaired) electrons. The highest BCUT2D eigenvalue weighted by Crippen LogP contribution is 2.27. The van der Waals surface area contributed by atoms with Crippen molar-refractivity contribution >= 4 is 27.3 Å². The fourth-order valence-corrected chi connectivity index (χ4v) is 4.69. The van der Waals surface area contributed by atoms with Gasteiger partial charge in [0, 0.05) is 6.54 Å². The standard InChI is InChI=1S/C10H14N2O6S2/c1-17-9(14)8-10(19-6-11-8)20(15,16)12-2-3-18-5-7(12)4-13/h6-7,13H,2-5H2,1H3. The Bertz CT molecular complexity index is 584. The molecule has 0 aliphatic carbocycles. The largest absolute Gasteiger partial charge is 0.464 e. The second kappa shape index (κ2) is 6.14. The van der Waals surface area contributed by atoms with Crippen molar-refractivity contribution in [3.05, 3.63) is 11.2 Å². The van der Waals surface area contributed by atoms with Crippen LogP contribution in [0, 0.1) is 0 Å². The second-order valence-corrected chi connectivity index (χ2v) is 6.95. The number of carbonyl (C=O) groups is 1. The van der Waals surface area contributed by atoms with Gasteiger partial charge in [0.1, 0.15) is 0 Å². The summed E-state index contributed by atoms with van der Waals surface area (Å²) in [5.41, 5.74) is 1.04. The molecule has 8 nitrogen and oxygen atoms in total. The molecule has 1 unspecified atom stereocenters. The minimum Gasteiger partial charge on any atom is -0.464 e. The van der Waals surface area contributed by atoms with Crippen LogP contribution >= 0.6 is 11.3 Å². The summed E-state index contributed by atoms with van der Waals surface area (Å²) < 4.78 is 35.8. The maximum atomic E-state index is 12.6. The highest BCUT2D eigenvalue weighted by atomic mass is 32.2. The van der Waals surface area contributed by atoms with Crippen molar-refractivity contribution < 1.29 is 27.8 Å². The number of hydrogen-bond donors (Lipinski definition) is 1. The van der Waals surface area contributed by atoms with Gasteiger partial charge < -0.3 is 14.6 Å². The maximum absolute atomic E-state index is 12.6. The lowest BCUT2D eigenvalue weighted by Gasteiger charge is -2.32. The lowest BCUT2D eigenvalue weighted by molar-refractivity contribution is 0.0109. The van der Waals surface area contributed by atoms with Crippen LogP contribution in [0.3, 0.4) is 0 Å². The van der Waals surface area contributed by atoms with Crippen LogP contribution in [0.15, 0.2) is 9.72 Å². The Morgan fingerprint density at radius 1 is 1.70 bits per heavy atom. The summed E-state index contributed by atoms with van der Waals surface area (Å²) in [5.74, 6) is -0.807. The Balaban J connectivity index is 2.39. The quantitative estimate of drug-likeness (QED) is 0.731. The molecule has 1 aromatic heterocycles. The SMILES string of the molecule is COC(=O)c1ncsc1S(=O)(=O)N1CCOCC1CO. The van der Waals surface area contributed by atoms with Crippen LogP contribution in [0.5, 0.6) is 0 Å². The topological polar surface area (TPSA) is 106 Å². The van der Waals surface area contributed by atoms with Gasteiger partial charge in [-0.1, -0.05) is 0 Å². The minimum atomic E-state index is -3.92. The molecule has 0 amide bonds. The van der Waals surface area contributed by atoms with Crippen LogP contribution in [0.4, 0.5) is 0 Å². The second-order valence-electron chi connectivity index (χ2n) is 4.01. The predicted octanol–water partition coefficient (Wildman–Crippen LogP) is -0.689. The third-order valence-electron chi connectivity index (χ3n) is 2.84. The molecule has 1 aliphatic rings. The molecule has 2 rings (SSSR count). The zero-order valence-corrected chi connectivity index (χ0v) is 12.3. The molecule has 2 heterocycles. The summed E-state index contributed by atoms with van der Waals surface area (Å²) >= 11 is 0.842. The molecule has 0 spiro atoms. The molecule has 1 atom stereocenters. The van der Waals surface area contributed by atoms with E-state index in [0.717, 1.165) is 22.8 Å². The first kappa shape index (κ1) is 15.3. The lowest BCUT2D eigenvalue weighted by Crippen LogP contribution is -2.50. The first-order chi connectivity index (χ1) is 9.52. The van der Waals surface area contributed by atoms with Crippen molar-refractivity contribution in [3.63, 3.8) is 0 Å². The molecule has 112 valence electrons. The third-order valence-corrected chi connectivity index (χ3v) is 6.14. The highest BCUT2D eigenvalue weighted by Gasteiger charge is 2.37. The smallest absolute Gasteiger partial charge is 0.358 e. The fraction of sp³-hybridized carbons (Fsp3) is 0.600. The van der Waals surface area contributed by atoms with Crippen molar-refractivity contribution in [2.24, 2.45) is 0 Å². The molecule has 20 heavy (non-hydrogen) atoms. The van der Waals surface area contributed by atoms with Gasteiger partial charge in [0.05, 0.1) is 38.5 Å². The minimum absolute atomic E-state index is 0.113. The Labute approximate surface area is 120 Å². The number of carbonyl (C=O) groups excluding carboxylic acids is 1. The highest BCUT2D eigenvalue weighted by molar-refractivity contribution is 7.91. The van der Waals surface area contributed by atoms with Crippen LogP contribution in [-0.2, 0) is 19.5 Å². The van der Waals surface area contributed by atoms with Crippen LogP contribution in [0.2, 0.25) is 0 Å². The molecule has 1 fully saturated rings. The summed E-state index contributed by atoms with van der Waals surface area (Å²) in [5, 5.41) is 9.26. The summed E-state index contributed by atoms with van der Waals surface area (Å²) in [4.78, 5) is 15.3. The van der Waals surface area contributed by atoms with Gasteiger partial charge in [-0.05, 0) is 0 Å². The van der Waals surface area contributed by atoms with Crippen molar-refractivity contribution in [1.82, 2.24) is 9.29 Å². The Morgan fingerprint density at radius 3 is 3.10 bits per heavy atom. The number of thiazole rings is 1. The molecule has 1 aliphatic heterocycles. The zero-order chi connectivity index (χ0) is 14.8. The molecule has 1 saturated heterocycles. The van der Waals surface area contributed by atoms with E-state index in [9.17, 15) is 18.3 Å². The molecule has 10 heteroatoms. The van der Waals surface area contributed by atoms with E-state index in [2.05, 4.69) is 9.72 Å². The average molecular weight is 322 g/mol. The van der Waals surface area contributed by atoms with E-state index in [4.69, 9.17) is 4.74 Å². The zero-order valence-electron chi connectivity index (χ0n) is 10.7. The Hall–Kier alpha value is -1.07. The van der Waals surface area contributed by atoms with E-state index in [-0.39, 0.29) is 36.3 Å². The van der Waals surface area contributed by atoms with Crippen LogP contribution in [0.1, 0.15) is 10.5 Å². The lowest BCUT2D eigenvalue weighted by atomic mass is 10.3. The fourth-order valence-electron chi connectivity index (χ4n) is 1.86. The first-order valence-electron chi connectivity index (χ1n) is 5.74. The Morgan fingerprint density at radius 2 is 2.45 bits per heavy atom. The van der Waals surface area contributed by atoms with E-state index in [1.165, 1.54) is 5.51 Å². The monoisotopic (exact) mass is 322 g/mol. The predicted molar refractivity (Wildman–Crippen MR) is 69.0 cm³/mol. The number of morpholine rings is 1. The van der Waals surface area contributed by atoms with Gasteiger partial charge in [0.25, 0.3) is 10.0 Å². The Kier molecular flexibility index (Phi) is 4.70. The average Bonchev–Trinajstić information content (AvgIpc) is 2.96. The summed E-state index contributed by atoms with van der Waals surface area (Å²) in [6.45, 7) is 0.113. The van der Waals surface area contributed by atoms with Crippen LogP contribution in [-0.4, -0.2) is 68.3 Å². The van der Waals surface area contributed by atoms with Crippen molar-refractivity contribution in [2.45, 2.75) is 10.3 Å². The molecule has 1 aromatic rings. The molecule has 0 bridgehead atoms. The number of nitrogens with zero attached hydrogens (tertiary/aromatic N) is 2. The summed E-state index contributed by atoms with van der Waals surface area (Å²) in [6, 6.07) is -0.665. The van der Waals surface area contributed by atoms with E-state index in [1.54, 1.807) is 0 Å². The number of aliphatic hydroxyl groups excluding tert-OH is 1. The number of aliphatic hydroxyl groups is 1. The normalized spacial score (nSPS) is 20.8. The number of aromatic nitrogens is 1. The van der Waals surface area contributed by atoms with Crippen molar-refractivity contribution in [3.8, 4) is 0 Å². The molecule has 0 saturated carbocycles. The van der Waals surface area contributed by atoms with E-state index < -0.39 is 22.0 Å². The number of rotatable bonds is 4. The van der Waals surface area contributed by atoms with E-state index in [1.807, 2.05) is 0 Å². The molecule has 1 N–H and O–H groups in total. The molecular weight excluding hydrogens is 308 g/mol. The summed E-state index contributed by atoms with van der Waals surface area (Å²) in [7, 11) is -2.76. The number of sulfonamides is 1. The van der Waals surface area contributed by atoms with Gasteiger partial charge in [-0.25, -0.2) is 18.2 Å². The number of methoxy groups -OCH3 is 1. The van der Waals surface area contributed by atoms with Crippen molar-refractivity contribution in [2.75, 3.05) is 33.5 Å². The maximum Gasteiger partial charge on any atom is 0.358 e. The van der Waals surface area contributed by atoms with Gasteiger partial charge in [-0.3, -0.25) is 0 Å². The van der Waals surface area contributed by atoms with Crippen LogP contribution in [0.25, 0.3) is 0 Å². The number of esters is 1. The molecular formula is C10H14N2O6S2. The van der Waals surface area contributed by atoms with Gasteiger partial charge in [-0.15, -0.1) is 11.3 Å². The van der Waals surface area contributed by atoms with Gasteiger partial charge in [0.2, 0.25) is 0 Å². The van der Waals surface area contributed by atoms with Crippen LogP contribution < -0.4 is 0 Å². The third kappa shape index (κ3) is 2.69. The van der Waals surface area contributed by atoms with Gasteiger partial charge in [-0.2, -0.15) is 4.31 Å². The number of ether oxygens (including phenoxy) is 2.